The standard InChI is InChI=1S/C46H28O2/c1-3-11-29(12-4-1)30-19-21-31(22-20-30)42-27-34-26-40-39-25-33(23-24-41(39)47-44(40)28-43(34)48-42)46-37-17-9-7-15-35(37)45(32-13-5-2-6-14-32)36-16-8-10-18-38(36)46/h1-28H/i2D,5D,6D,7D,8D,9D,10D,13D,14D,15D,16D,17D,18D. The highest BCUT2D eigenvalue weighted by Gasteiger charge is 2.18. The zero-order valence-corrected chi connectivity index (χ0v) is 25.0. The van der Waals surface area contributed by atoms with E-state index in [0.717, 1.165) is 22.1 Å². The molecule has 0 aliphatic rings. The average Bonchev–Trinajstić information content (AvgIpc) is 3.86. The first-order valence-corrected chi connectivity index (χ1v) is 15.3. The van der Waals surface area contributed by atoms with Gasteiger partial charge in [0.25, 0.3) is 0 Å². The van der Waals surface area contributed by atoms with Crippen LogP contribution in [-0.2, 0) is 0 Å². The van der Waals surface area contributed by atoms with Crippen LogP contribution in [0.5, 0.6) is 0 Å². The van der Waals surface area contributed by atoms with Crippen molar-refractivity contribution in [2.24, 2.45) is 0 Å². The normalized spacial score (nSPS) is 15.5. The third-order valence-corrected chi connectivity index (χ3v) is 8.80. The van der Waals surface area contributed by atoms with E-state index in [0.29, 0.717) is 38.8 Å². The Kier molecular flexibility index (Phi) is 3.74. The number of hydrogen-bond acceptors (Lipinski definition) is 2. The summed E-state index contributed by atoms with van der Waals surface area (Å²) in [5.74, 6) is 0.646. The van der Waals surface area contributed by atoms with Gasteiger partial charge in [-0.2, -0.15) is 0 Å². The monoisotopic (exact) mass is 625 g/mol. The summed E-state index contributed by atoms with van der Waals surface area (Å²) in [7, 11) is 0. The molecule has 2 heteroatoms. The minimum atomic E-state index is -0.722. The van der Waals surface area contributed by atoms with Crippen molar-refractivity contribution in [2.75, 3.05) is 0 Å². The molecule has 0 aliphatic heterocycles. The Morgan fingerprint density at radius 2 is 0.917 bits per heavy atom. The lowest BCUT2D eigenvalue weighted by atomic mass is 9.86. The van der Waals surface area contributed by atoms with Crippen LogP contribution in [0, 0.1) is 0 Å². The maximum absolute atomic E-state index is 9.27. The molecule has 224 valence electrons. The van der Waals surface area contributed by atoms with Crippen molar-refractivity contribution >= 4 is 54.5 Å². The number of fused-ring (bicyclic) bond motifs is 6. The number of rotatable bonds is 4. The van der Waals surface area contributed by atoms with E-state index in [4.69, 9.17) is 21.2 Å². The van der Waals surface area contributed by atoms with Gasteiger partial charge in [-0.3, -0.25) is 0 Å². The highest BCUT2D eigenvalue weighted by Crippen LogP contribution is 2.45. The zero-order chi connectivity index (χ0) is 42.9. The summed E-state index contributed by atoms with van der Waals surface area (Å²) >= 11 is 0. The molecule has 0 saturated heterocycles. The summed E-state index contributed by atoms with van der Waals surface area (Å²) in [6.07, 6.45) is 0. The highest BCUT2D eigenvalue weighted by atomic mass is 16.3. The van der Waals surface area contributed by atoms with Crippen LogP contribution in [-0.4, -0.2) is 0 Å². The fourth-order valence-electron chi connectivity index (χ4n) is 6.61. The van der Waals surface area contributed by atoms with E-state index in [1.165, 1.54) is 0 Å². The van der Waals surface area contributed by atoms with Gasteiger partial charge in [-0.1, -0.05) is 139 Å². The number of hydrogen-bond donors (Lipinski definition) is 0. The molecule has 0 fully saturated rings. The van der Waals surface area contributed by atoms with Gasteiger partial charge in [-0.05, 0) is 79.2 Å². The Labute approximate surface area is 295 Å². The molecule has 48 heavy (non-hydrogen) atoms. The Balaban J connectivity index is 1.26. The molecule has 0 unspecified atom stereocenters. The summed E-state index contributed by atoms with van der Waals surface area (Å²) in [4.78, 5) is 0. The molecule has 10 rings (SSSR count). The van der Waals surface area contributed by atoms with Crippen molar-refractivity contribution in [3.63, 3.8) is 0 Å². The van der Waals surface area contributed by atoms with Crippen molar-refractivity contribution in [1.82, 2.24) is 0 Å². The second kappa shape index (κ2) is 10.6. The van der Waals surface area contributed by atoms with Gasteiger partial charge in [0.2, 0.25) is 0 Å². The van der Waals surface area contributed by atoms with Gasteiger partial charge in [-0.25, -0.2) is 0 Å². The molecule has 0 amide bonds. The minimum absolute atomic E-state index is 0.0435. The van der Waals surface area contributed by atoms with Crippen molar-refractivity contribution < 1.29 is 26.7 Å². The maximum Gasteiger partial charge on any atom is 0.139 e. The predicted molar refractivity (Wildman–Crippen MR) is 200 cm³/mol. The third-order valence-electron chi connectivity index (χ3n) is 8.80. The first kappa shape index (κ1) is 17.0. The quantitative estimate of drug-likeness (QED) is 0.182. The summed E-state index contributed by atoms with van der Waals surface area (Å²) in [6, 6.07) is 20.3. The predicted octanol–water partition coefficient (Wildman–Crippen LogP) is 13.3. The Bertz CT molecular complexity index is 3450. The van der Waals surface area contributed by atoms with E-state index in [9.17, 15) is 5.48 Å². The van der Waals surface area contributed by atoms with E-state index >= 15 is 0 Å². The number of furan rings is 2. The van der Waals surface area contributed by atoms with Gasteiger partial charge < -0.3 is 8.83 Å². The molecular formula is C46H28O2. The van der Waals surface area contributed by atoms with Crippen LogP contribution in [0.2, 0.25) is 0 Å². The average molecular weight is 626 g/mol. The molecule has 0 bridgehead atoms. The van der Waals surface area contributed by atoms with Gasteiger partial charge in [0.05, 0.1) is 17.8 Å². The lowest BCUT2D eigenvalue weighted by Gasteiger charge is -2.17. The lowest BCUT2D eigenvalue weighted by molar-refractivity contribution is 0.628. The van der Waals surface area contributed by atoms with Gasteiger partial charge in [0.15, 0.2) is 0 Å². The molecule has 2 aromatic heterocycles. The van der Waals surface area contributed by atoms with Crippen molar-refractivity contribution in [2.45, 2.75) is 0 Å². The topological polar surface area (TPSA) is 26.3 Å². The third kappa shape index (κ3) is 4.20. The molecule has 0 saturated carbocycles. The summed E-state index contributed by atoms with van der Waals surface area (Å²) < 4.78 is 127. The second-order valence-corrected chi connectivity index (χ2v) is 11.5. The van der Waals surface area contributed by atoms with E-state index in [1.54, 1.807) is 24.3 Å². The molecule has 0 N–H and O–H groups in total. The first-order chi connectivity index (χ1) is 29.2. The van der Waals surface area contributed by atoms with E-state index in [2.05, 4.69) is 0 Å². The van der Waals surface area contributed by atoms with Gasteiger partial charge in [-0.15, -0.1) is 0 Å². The largest absolute Gasteiger partial charge is 0.456 e. The SMILES string of the molecule is [2H]c1c([2H])c([2H])c(-c2c3c([2H])c([2H])c([2H])c([2H])c3c(-c3ccc4oc5cc6oc(-c7ccc(-c8ccccc8)cc7)cc6cc5c4c3)c3c([2H])c([2H])c([2H])c([2H])c23)c([2H])c1[2H]. The maximum atomic E-state index is 9.27. The molecule has 0 radical (unpaired) electrons. The fraction of sp³-hybridized carbons (Fsp3) is 0. The fourth-order valence-corrected chi connectivity index (χ4v) is 6.61. The Morgan fingerprint density at radius 1 is 0.354 bits per heavy atom. The lowest BCUT2D eigenvalue weighted by Crippen LogP contribution is -1.90. The van der Waals surface area contributed by atoms with Crippen LogP contribution >= 0.6 is 0 Å². The van der Waals surface area contributed by atoms with E-state index < -0.39 is 84.1 Å². The molecule has 0 aliphatic carbocycles. The molecule has 0 spiro atoms. The van der Waals surface area contributed by atoms with Crippen LogP contribution in [0.3, 0.4) is 0 Å². The van der Waals surface area contributed by atoms with Crippen LogP contribution in [0.4, 0.5) is 0 Å². The minimum Gasteiger partial charge on any atom is -0.456 e. The highest BCUT2D eigenvalue weighted by molar-refractivity contribution is 6.22. The summed E-state index contributed by atoms with van der Waals surface area (Å²) in [5.41, 5.74) is 4.16. The van der Waals surface area contributed by atoms with Crippen LogP contribution in [0.1, 0.15) is 17.8 Å². The van der Waals surface area contributed by atoms with Gasteiger partial charge in [0.1, 0.15) is 22.5 Å². The molecule has 2 nitrogen and oxygen atoms in total. The van der Waals surface area contributed by atoms with Gasteiger partial charge >= 0.3 is 0 Å². The van der Waals surface area contributed by atoms with Crippen molar-refractivity contribution in [1.29, 1.82) is 0 Å². The van der Waals surface area contributed by atoms with Crippen LogP contribution in [0.15, 0.2) is 178 Å². The van der Waals surface area contributed by atoms with Crippen LogP contribution in [0.25, 0.3) is 99.2 Å². The summed E-state index contributed by atoms with van der Waals surface area (Å²) in [5, 5.41) is 1.23. The second-order valence-electron chi connectivity index (χ2n) is 11.5. The summed E-state index contributed by atoms with van der Waals surface area (Å²) in [6.45, 7) is 0. The smallest absolute Gasteiger partial charge is 0.139 e. The Morgan fingerprint density at radius 3 is 1.60 bits per heavy atom. The number of benzene rings is 8. The molecular weight excluding hydrogens is 585 g/mol. The Hall–Kier alpha value is -6.38. The zero-order valence-electron chi connectivity index (χ0n) is 38.0. The molecule has 8 aromatic carbocycles. The van der Waals surface area contributed by atoms with Crippen LogP contribution < -0.4 is 0 Å². The molecule has 2 heterocycles. The van der Waals surface area contributed by atoms with Crippen molar-refractivity contribution in [3.05, 3.63) is 170 Å². The van der Waals surface area contributed by atoms with E-state index in [1.807, 2.05) is 66.7 Å². The molecule has 0 atom stereocenters. The van der Waals surface area contributed by atoms with Gasteiger partial charge in [0, 0.05) is 27.8 Å². The van der Waals surface area contributed by atoms with Crippen molar-refractivity contribution in [3.8, 4) is 44.7 Å². The first-order valence-electron chi connectivity index (χ1n) is 21.8. The molecule has 10 aromatic rings. The van der Waals surface area contributed by atoms with E-state index in [-0.39, 0.29) is 32.7 Å².